The summed E-state index contributed by atoms with van der Waals surface area (Å²) in [6.07, 6.45) is 1.78. The molecular formula is C24H30N2O8. The van der Waals surface area contributed by atoms with Crippen LogP contribution in [0.5, 0.6) is 11.5 Å². The Bertz CT molecular complexity index is 987. The average molecular weight is 475 g/mol. The molecule has 10 nitrogen and oxygen atoms in total. The van der Waals surface area contributed by atoms with Crippen molar-refractivity contribution in [1.29, 1.82) is 0 Å². The highest BCUT2D eigenvalue weighted by Gasteiger charge is 2.51. The van der Waals surface area contributed by atoms with Gasteiger partial charge in [-0.05, 0) is 31.1 Å². The Labute approximate surface area is 197 Å². The number of nitrogens with one attached hydrogen (secondary N) is 1. The molecule has 184 valence electrons. The molecule has 1 aromatic carbocycles. The van der Waals surface area contributed by atoms with Gasteiger partial charge in [-0.1, -0.05) is 0 Å². The SMILES string of the molecule is COc1cc(C=O)cc2c1OC1C2C(C(=O)NCCO)=CC(N(CC2CCCO2)C(C)=O)C1O. The number of ether oxygens (including phenoxy) is 3. The Hall–Kier alpha value is -2.95. The van der Waals surface area contributed by atoms with Gasteiger partial charge < -0.3 is 34.6 Å². The first-order valence-electron chi connectivity index (χ1n) is 11.4. The van der Waals surface area contributed by atoms with Gasteiger partial charge in [0.2, 0.25) is 11.8 Å². The Morgan fingerprint density at radius 1 is 1.35 bits per heavy atom. The van der Waals surface area contributed by atoms with Crippen molar-refractivity contribution in [3.63, 3.8) is 0 Å². The van der Waals surface area contributed by atoms with Crippen LogP contribution in [-0.4, -0.2) is 91.0 Å². The number of nitrogens with zero attached hydrogens (tertiary/aromatic N) is 1. The highest BCUT2D eigenvalue weighted by Crippen LogP contribution is 2.51. The lowest BCUT2D eigenvalue weighted by Crippen LogP contribution is -2.56. The van der Waals surface area contributed by atoms with Gasteiger partial charge in [-0.2, -0.15) is 0 Å². The summed E-state index contributed by atoms with van der Waals surface area (Å²) in [5.41, 5.74) is 1.18. The molecule has 0 aromatic heterocycles. The number of rotatable bonds is 8. The van der Waals surface area contributed by atoms with Crippen LogP contribution in [0.4, 0.5) is 0 Å². The molecule has 2 amide bonds. The molecule has 2 heterocycles. The topological polar surface area (TPSA) is 135 Å². The van der Waals surface area contributed by atoms with Gasteiger partial charge in [0.15, 0.2) is 11.5 Å². The number of aliphatic hydroxyl groups is 2. The number of aliphatic hydroxyl groups excluding tert-OH is 2. The predicted molar refractivity (Wildman–Crippen MR) is 120 cm³/mol. The summed E-state index contributed by atoms with van der Waals surface area (Å²) in [5.74, 6) is -0.743. The number of benzene rings is 1. The number of carbonyl (C=O) groups is 3. The Morgan fingerprint density at radius 2 is 2.15 bits per heavy atom. The first-order valence-corrected chi connectivity index (χ1v) is 11.4. The van der Waals surface area contributed by atoms with E-state index in [1.807, 2.05) is 0 Å². The molecule has 0 spiro atoms. The van der Waals surface area contributed by atoms with Crippen LogP contribution in [0.15, 0.2) is 23.8 Å². The van der Waals surface area contributed by atoms with Crippen molar-refractivity contribution in [2.24, 2.45) is 0 Å². The van der Waals surface area contributed by atoms with Crippen molar-refractivity contribution in [2.45, 2.75) is 50.0 Å². The van der Waals surface area contributed by atoms with Crippen LogP contribution in [-0.2, 0) is 14.3 Å². The fourth-order valence-corrected chi connectivity index (χ4v) is 5.03. The molecule has 5 atom stereocenters. The summed E-state index contributed by atoms with van der Waals surface area (Å²) in [6.45, 7) is 2.11. The van der Waals surface area contributed by atoms with E-state index >= 15 is 0 Å². The van der Waals surface area contributed by atoms with Gasteiger partial charge in [0, 0.05) is 43.3 Å². The first kappa shape index (κ1) is 24.2. The zero-order valence-corrected chi connectivity index (χ0v) is 19.2. The second-order valence-electron chi connectivity index (χ2n) is 8.71. The number of carbonyl (C=O) groups excluding carboxylic acids is 3. The van der Waals surface area contributed by atoms with E-state index in [0.717, 1.165) is 12.8 Å². The molecule has 4 rings (SSSR count). The molecule has 34 heavy (non-hydrogen) atoms. The van der Waals surface area contributed by atoms with Crippen molar-refractivity contribution in [3.8, 4) is 11.5 Å². The molecule has 3 N–H and O–H groups in total. The van der Waals surface area contributed by atoms with Crippen LogP contribution >= 0.6 is 0 Å². The van der Waals surface area contributed by atoms with Crippen LogP contribution in [0.3, 0.4) is 0 Å². The summed E-state index contributed by atoms with van der Waals surface area (Å²) >= 11 is 0. The molecule has 0 bridgehead atoms. The molecule has 1 aromatic rings. The zero-order valence-electron chi connectivity index (χ0n) is 19.2. The van der Waals surface area contributed by atoms with Gasteiger partial charge in [-0.3, -0.25) is 14.4 Å². The maximum absolute atomic E-state index is 13.2. The number of aldehydes is 1. The molecule has 0 saturated carbocycles. The second-order valence-corrected chi connectivity index (χ2v) is 8.71. The van der Waals surface area contributed by atoms with Crippen molar-refractivity contribution in [3.05, 3.63) is 34.9 Å². The highest BCUT2D eigenvalue weighted by molar-refractivity contribution is 5.96. The van der Waals surface area contributed by atoms with Gasteiger partial charge in [0.1, 0.15) is 18.5 Å². The molecule has 10 heteroatoms. The third-order valence-electron chi connectivity index (χ3n) is 6.60. The van der Waals surface area contributed by atoms with E-state index in [9.17, 15) is 24.6 Å². The summed E-state index contributed by atoms with van der Waals surface area (Å²) in [7, 11) is 1.44. The third kappa shape index (κ3) is 4.40. The van der Waals surface area contributed by atoms with E-state index in [-0.39, 0.29) is 37.3 Å². The molecule has 1 aliphatic carbocycles. The van der Waals surface area contributed by atoms with Crippen LogP contribution in [0, 0.1) is 0 Å². The maximum Gasteiger partial charge on any atom is 0.247 e. The van der Waals surface area contributed by atoms with E-state index in [1.54, 1.807) is 12.1 Å². The van der Waals surface area contributed by atoms with Crippen LogP contribution in [0.1, 0.15) is 41.6 Å². The maximum atomic E-state index is 13.2. The number of methoxy groups -OCH3 is 1. The number of hydrogen-bond donors (Lipinski definition) is 3. The Morgan fingerprint density at radius 3 is 2.76 bits per heavy atom. The summed E-state index contributed by atoms with van der Waals surface area (Å²) < 4.78 is 17.2. The van der Waals surface area contributed by atoms with Crippen LogP contribution in [0.25, 0.3) is 0 Å². The summed E-state index contributed by atoms with van der Waals surface area (Å²) in [4.78, 5) is 38.8. The van der Waals surface area contributed by atoms with Crippen LogP contribution in [0.2, 0.25) is 0 Å². The molecular weight excluding hydrogens is 444 g/mol. The van der Waals surface area contributed by atoms with E-state index in [0.29, 0.717) is 35.5 Å². The molecule has 5 unspecified atom stereocenters. The van der Waals surface area contributed by atoms with Crippen LogP contribution < -0.4 is 14.8 Å². The number of fused-ring (bicyclic) bond motifs is 3. The predicted octanol–water partition coefficient (Wildman–Crippen LogP) is 0.158. The lowest BCUT2D eigenvalue weighted by Gasteiger charge is -2.41. The Balaban J connectivity index is 1.77. The zero-order chi connectivity index (χ0) is 24.4. The van der Waals surface area contributed by atoms with Gasteiger partial charge in [-0.15, -0.1) is 0 Å². The normalized spacial score (nSPS) is 27.2. The largest absolute Gasteiger partial charge is 0.493 e. The minimum absolute atomic E-state index is 0.0402. The third-order valence-corrected chi connectivity index (χ3v) is 6.60. The van der Waals surface area contributed by atoms with E-state index < -0.39 is 30.1 Å². The molecule has 1 saturated heterocycles. The van der Waals surface area contributed by atoms with E-state index in [1.165, 1.54) is 25.0 Å². The summed E-state index contributed by atoms with van der Waals surface area (Å²) in [5, 5.41) is 23.2. The lowest BCUT2D eigenvalue weighted by atomic mass is 9.77. The molecule has 1 fully saturated rings. The molecule has 3 aliphatic rings. The summed E-state index contributed by atoms with van der Waals surface area (Å²) in [6, 6.07) is 2.32. The van der Waals surface area contributed by atoms with Gasteiger partial charge in [-0.25, -0.2) is 0 Å². The van der Waals surface area contributed by atoms with Crippen molar-refractivity contribution < 1.29 is 38.8 Å². The second kappa shape index (κ2) is 10.1. The standard InChI is InChI=1S/C24H30N2O8/c1-13(29)26(11-15-4-3-7-33-15)18-10-17(24(31)25-5-6-27)20-16-8-14(12-28)9-19(32-2)22(16)34-23(20)21(18)30/h8-10,12,15,18,20-21,23,27,30H,3-7,11H2,1-2H3,(H,25,31). The molecule has 0 radical (unpaired) electrons. The number of amides is 2. The lowest BCUT2D eigenvalue weighted by molar-refractivity contribution is -0.137. The van der Waals surface area contributed by atoms with Crippen molar-refractivity contribution >= 4 is 18.1 Å². The van der Waals surface area contributed by atoms with Crippen molar-refractivity contribution in [2.75, 3.05) is 33.4 Å². The van der Waals surface area contributed by atoms with Gasteiger partial charge in [0.25, 0.3) is 0 Å². The smallest absolute Gasteiger partial charge is 0.247 e. The molecule has 2 aliphatic heterocycles. The fraction of sp³-hybridized carbons (Fsp3) is 0.542. The van der Waals surface area contributed by atoms with E-state index in [2.05, 4.69) is 5.32 Å². The monoisotopic (exact) mass is 474 g/mol. The van der Waals surface area contributed by atoms with Crippen molar-refractivity contribution in [1.82, 2.24) is 10.2 Å². The fourth-order valence-electron chi connectivity index (χ4n) is 5.03. The minimum atomic E-state index is -1.15. The first-order chi connectivity index (χ1) is 16.4. The number of hydrogen-bond acceptors (Lipinski definition) is 8. The van der Waals surface area contributed by atoms with Gasteiger partial charge in [0.05, 0.1) is 31.8 Å². The minimum Gasteiger partial charge on any atom is -0.493 e. The van der Waals surface area contributed by atoms with Gasteiger partial charge >= 0.3 is 0 Å². The quantitative estimate of drug-likeness (QED) is 0.454. The highest BCUT2D eigenvalue weighted by atomic mass is 16.5. The van der Waals surface area contributed by atoms with E-state index in [4.69, 9.17) is 14.2 Å². The average Bonchev–Trinajstić information content (AvgIpc) is 3.49. The Kier molecular flexibility index (Phi) is 7.20.